The summed E-state index contributed by atoms with van der Waals surface area (Å²) in [5, 5.41) is 9.75. The van der Waals surface area contributed by atoms with E-state index in [9.17, 15) is 0 Å². The third kappa shape index (κ3) is 4.16. The molecule has 0 amide bonds. The summed E-state index contributed by atoms with van der Waals surface area (Å²) >= 11 is 0. The van der Waals surface area contributed by atoms with Crippen LogP contribution in [0.4, 0.5) is 11.4 Å². The van der Waals surface area contributed by atoms with Gasteiger partial charge in [-0.1, -0.05) is 97.1 Å². The molecule has 0 radical (unpaired) electrons. The van der Waals surface area contributed by atoms with Crippen molar-refractivity contribution in [2.45, 2.75) is 0 Å². The summed E-state index contributed by atoms with van der Waals surface area (Å²) in [6.07, 6.45) is 0. The first-order chi connectivity index (χ1) is 18.6. The van der Waals surface area contributed by atoms with E-state index < -0.39 is 7.29 Å². The number of benzene rings is 6. The first kappa shape index (κ1) is 24.0. The van der Waals surface area contributed by atoms with Crippen LogP contribution in [-0.2, 0) is 4.57 Å². The number of hydrogen-bond donors (Lipinski definition) is 1. The lowest BCUT2D eigenvalue weighted by molar-refractivity contribution is 0.590. The monoisotopic (exact) mass is 512 g/mol. The molecule has 4 heteroatoms. The molecule has 0 fully saturated rings. The standard InChI is InChI=1S/C34H29N2OP/c1-36(2)32-24-22-26-14-10-12-20-30(26)34(32)33-29-19-11-9-13-25(29)21-23-31(33)35-38(37,27-15-5-3-6-16-27)28-17-7-4-8-18-28/h3-24H,1-2H3,(H,35,37). The lowest BCUT2D eigenvalue weighted by atomic mass is 9.91. The molecule has 0 spiro atoms. The van der Waals surface area contributed by atoms with Gasteiger partial charge in [-0.3, -0.25) is 4.57 Å². The smallest absolute Gasteiger partial charge is 0.227 e. The minimum absolute atomic E-state index is 0.774. The van der Waals surface area contributed by atoms with Gasteiger partial charge in [0.05, 0.1) is 0 Å². The molecule has 0 saturated carbocycles. The van der Waals surface area contributed by atoms with E-state index in [1.807, 2.05) is 60.7 Å². The van der Waals surface area contributed by atoms with Crippen LogP contribution in [0.2, 0.25) is 0 Å². The Balaban J connectivity index is 1.69. The molecule has 6 rings (SSSR count). The van der Waals surface area contributed by atoms with Crippen molar-refractivity contribution >= 4 is 50.8 Å². The summed E-state index contributed by atoms with van der Waals surface area (Å²) in [7, 11) is 0.914. The predicted molar refractivity (Wildman–Crippen MR) is 165 cm³/mol. The molecule has 6 aromatic rings. The van der Waals surface area contributed by atoms with E-state index in [4.69, 9.17) is 0 Å². The van der Waals surface area contributed by atoms with Crippen LogP contribution >= 0.6 is 7.29 Å². The minimum Gasteiger partial charge on any atom is -0.377 e. The van der Waals surface area contributed by atoms with Gasteiger partial charge in [0.15, 0.2) is 0 Å². The molecular formula is C34H29N2OP. The van der Waals surface area contributed by atoms with E-state index in [0.717, 1.165) is 49.3 Å². The molecule has 38 heavy (non-hydrogen) atoms. The molecule has 186 valence electrons. The van der Waals surface area contributed by atoms with Gasteiger partial charge in [-0.2, -0.15) is 0 Å². The highest BCUT2D eigenvalue weighted by Crippen LogP contribution is 2.50. The second kappa shape index (κ2) is 9.85. The van der Waals surface area contributed by atoms with Crippen molar-refractivity contribution in [2.24, 2.45) is 0 Å². The second-order valence-electron chi connectivity index (χ2n) is 9.68. The molecule has 3 nitrogen and oxygen atoms in total. The Hall–Kier alpha value is -4.33. The Morgan fingerprint density at radius 2 is 1.00 bits per heavy atom. The Morgan fingerprint density at radius 3 is 1.55 bits per heavy atom. The topological polar surface area (TPSA) is 32.3 Å². The molecule has 0 aliphatic carbocycles. The van der Waals surface area contributed by atoms with Gasteiger partial charge in [0.1, 0.15) is 0 Å². The second-order valence-corrected chi connectivity index (χ2v) is 12.2. The van der Waals surface area contributed by atoms with Crippen LogP contribution in [0.15, 0.2) is 133 Å². The number of fused-ring (bicyclic) bond motifs is 2. The summed E-state index contributed by atoms with van der Waals surface area (Å²) in [6.45, 7) is 0. The third-order valence-corrected chi connectivity index (χ3v) is 9.69. The zero-order valence-corrected chi connectivity index (χ0v) is 22.4. The van der Waals surface area contributed by atoms with E-state index in [-0.39, 0.29) is 0 Å². The minimum atomic E-state index is -3.23. The fourth-order valence-corrected chi connectivity index (χ4v) is 7.52. The van der Waals surface area contributed by atoms with Gasteiger partial charge < -0.3 is 9.99 Å². The summed E-state index contributed by atoms with van der Waals surface area (Å²) in [6, 6.07) is 45.0. The van der Waals surface area contributed by atoms with E-state index in [2.05, 4.69) is 96.9 Å². The quantitative estimate of drug-likeness (QED) is 0.229. The van der Waals surface area contributed by atoms with Crippen LogP contribution < -0.4 is 20.6 Å². The zero-order valence-electron chi connectivity index (χ0n) is 21.5. The van der Waals surface area contributed by atoms with Gasteiger partial charge in [0.25, 0.3) is 0 Å². The van der Waals surface area contributed by atoms with Crippen LogP contribution in [0.5, 0.6) is 0 Å². The molecule has 0 aliphatic heterocycles. The summed E-state index contributed by atoms with van der Waals surface area (Å²) < 4.78 is 15.1. The van der Waals surface area contributed by atoms with Crippen LogP contribution in [0.1, 0.15) is 0 Å². The Morgan fingerprint density at radius 1 is 0.526 bits per heavy atom. The third-order valence-electron chi connectivity index (χ3n) is 7.09. The maximum absolute atomic E-state index is 15.1. The van der Waals surface area contributed by atoms with E-state index in [1.165, 1.54) is 5.39 Å². The van der Waals surface area contributed by atoms with Gasteiger partial charge >= 0.3 is 0 Å². The van der Waals surface area contributed by atoms with Crippen molar-refractivity contribution < 1.29 is 4.57 Å². The maximum Gasteiger partial charge on any atom is 0.227 e. The molecule has 0 aromatic heterocycles. The lowest BCUT2D eigenvalue weighted by Gasteiger charge is -2.27. The summed E-state index contributed by atoms with van der Waals surface area (Å²) in [5.74, 6) is 0. The largest absolute Gasteiger partial charge is 0.377 e. The van der Waals surface area contributed by atoms with Crippen molar-refractivity contribution in [1.29, 1.82) is 0 Å². The fraction of sp³-hybridized carbons (Fsp3) is 0.0588. The average Bonchev–Trinajstić information content (AvgIpc) is 2.97. The molecular weight excluding hydrogens is 483 g/mol. The molecule has 6 aromatic carbocycles. The molecule has 0 unspecified atom stereocenters. The highest BCUT2D eigenvalue weighted by molar-refractivity contribution is 7.80. The number of hydrogen-bond acceptors (Lipinski definition) is 2. The van der Waals surface area contributed by atoms with Gasteiger partial charge in [0.2, 0.25) is 7.29 Å². The predicted octanol–water partition coefficient (Wildman–Crippen LogP) is 8.07. The Labute approximate surface area is 223 Å². The van der Waals surface area contributed by atoms with Gasteiger partial charge in [0, 0.05) is 47.2 Å². The van der Waals surface area contributed by atoms with Gasteiger partial charge in [-0.25, -0.2) is 0 Å². The molecule has 0 atom stereocenters. The number of nitrogens with one attached hydrogen (secondary N) is 1. The van der Waals surface area contributed by atoms with Crippen molar-refractivity contribution in [3.63, 3.8) is 0 Å². The number of nitrogens with zero attached hydrogens (tertiary/aromatic N) is 1. The van der Waals surface area contributed by atoms with Crippen LogP contribution in [-0.4, -0.2) is 14.1 Å². The first-order valence-electron chi connectivity index (χ1n) is 12.8. The van der Waals surface area contributed by atoms with Gasteiger partial charge in [-0.05, 0) is 57.9 Å². The van der Waals surface area contributed by atoms with E-state index >= 15 is 4.57 Å². The molecule has 1 N–H and O–H groups in total. The van der Waals surface area contributed by atoms with Crippen molar-refractivity contribution in [1.82, 2.24) is 0 Å². The van der Waals surface area contributed by atoms with Crippen LogP contribution in [0.25, 0.3) is 32.7 Å². The first-order valence-corrected chi connectivity index (χ1v) is 14.5. The van der Waals surface area contributed by atoms with Crippen molar-refractivity contribution in [2.75, 3.05) is 24.1 Å². The molecule has 0 bridgehead atoms. The Kier molecular flexibility index (Phi) is 6.23. The number of anilines is 2. The van der Waals surface area contributed by atoms with Crippen molar-refractivity contribution in [3.8, 4) is 11.1 Å². The van der Waals surface area contributed by atoms with Gasteiger partial charge in [-0.15, -0.1) is 0 Å². The molecule has 0 aliphatic rings. The van der Waals surface area contributed by atoms with Crippen LogP contribution in [0.3, 0.4) is 0 Å². The SMILES string of the molecule is CN(C)c1ccc2ccccc2c1-c1c(NP(=O)(c2ccccc2)c2ccccc2)ccc2ccccc12. The summed E-state index contributed by atoms with van der Waals surface area (Å²) in [4.78, 5) is 2.15. The van der Waals surface area contributed by atoms with E-state index in [0.29, 0.717) is 0 Å². The maximum atomic E-state index is 15.1. The number of rotatable bonds is 6. The highest BCUT2D eigenvalue weighted by atomic mass is 31.2. The molecule has 0 heterocycles. The van der Waals surface area contributed by atoms with Crippen molar-refractivity contribution in [3.05, 3.63) is 133 Å². The summed E-state index contributed by atoms with van der Waals surface area (Å²) in [5.41, 5.74) is 4.13. The lowest BCUT2D eigenvalue weighted by Crippen LogP contribution is -2.22. The Bertz CT molecular complexity index is 1750. The average molecular weight is 513 g/mol. The molecule has 0 saturated heterocycles. The normalized spacial score (nSPS) is 11.5. The fourth-order valence-electron chi connectivity index (χ4n) is 5.25. The van der Waals surface area contributed by atoms with Crippen LogP contribution in [0, 0.1) is 0 Å². The van der Waals surface area contributed by atoms with E-state index in [1.54, 1.807) is 0 Å². The zero-order chi connectivity index (χ0) is 26.1. The highest BCUT2D eigenvalue weighted by Gasteiger charge is 2.29.